The van der Waals surface area contributed by atoms with Crippen molar-refractivity contribution in [2.24, 2.45) is 5.92 Å². The van der Waals surface area contributed by atoms with Crippen LogP contribution in [-0.4, -0.2) is 96.7 Å². The van der Waals surface area contributed by atoms with E-state index in [1.54, 1.807) is 0 Å². The second-order valence-electron chi connectivity index (χ2n) is 31.5. The first-order valence-electron chi connectivity index (χ1n) is 45.2. The zero-order valence-electron chi connectivity index (χ0n) is 69.6. The zero-order chi connectivity index (χ0) is 77.6. The van der Waals surface area contributed by atoms with Crippen LogP contribution in [0.15, 0.2) is 0 Å². The average Bonchev–Trinajstić information content (AvgIpc) is 1.05. The summed E-state index contributed by atoms with van der Waals surface area (Å²) in [5.74, 6) is -1.23. The van der Waals surface area contributed by atoms with Gasteiger partial charge in [-0.25, -0.2) is 9.13 Å². The number of hydrogen-bond acceptors (Lipinski definition) is 15. The molecule has 0 aliphatic carbocycles. The lowest BCUT2D eigenvalue weighted by Crippen LogP contribution is -2.30. The third kappa shape index (κ3) is 78.7. The number of carbonyl (C=O) groups is 4. The molecule has 0 amide bonds. The van der Waals surface area contributed by atoms with E-state index in [1.807, 2.05) is 0 Å². The van der Waals surface area contributed by atoms with Crippen molar-refractivity contribution in [2.45, 2.75) is 490 Å². The minimum Gasteiger partial charge on any atom is -0.462 e. The van der Waals surface area contributed by atoms with Crippen LogP contribution in [0, 0.1) is 5.92 Å². The molecular formula is C87H170O17P2. The fraction of sp³-hybridized carbons (Fsp3) is 0.954. The number of unbranched alkanes of at least 4 members (excludes halogenated alkanes) is 58. The standard InChI is InChI=1S/C87H170O17P2/c1-6-10-13-16-19-22-25-28-29-30-31-35-38-42-46-51-56-61-66-71-85(90)98-77-83(104-87(92)73-68-63-58-53-48-43-39-36-33-32-34-37-41-44-49-54-59-64-69-80(5)9-4)79-102-106(95,96)100-75-81(88)74-99-105(93,94)101-78-82(76-97-84(89)70-65-60-55-50-45-27-24-21-18-15-12-8-3)103-86(91)72-67-62-57-52-47-40-26-23-20-17-14-11-7-2/h80-83,88H,6-79H2,1-5H3,(H,93,94)(H,95,96)/t80?,81-,82+,83+/m0/s1. The molecule has 0 saturated heterocycles. The molecule has 106 heavy (non-hydrogen) atoms. The SMILES string of the molecule is CCCCCCCCCCCCCCCCCCCCCC(=O)OC[C@H](COP(=O)(O)OC[C@@H](O)COP(=O)(O)OC[C@@H](COC(=O)CCCCCCCCCCCCCC)OC(=O)CCCCCCCCCCCCCCC)OC(=O)CCCCCCCCCCCCCCCCCCCCC(C)CC. The summed E-state index contributed by atoms with van der Waals surface area (Å²) in [4.78, 5) is 73.2. The Kier molecular flexibility index (Phi) is 78.2. The Balaban J connectivity index is 5.23. The van der Waals surface area contributed by atoms with E-state index in [4.69, 9.17) is 37.0 Å². The maximum Gasteiger partial charge on any atom is 0.472 e. The second kappa shape index (κ2) is 79.7. The van der Waals surface area contributed by atoms with Crippen molar-refractivity contribution in [3.05, 3.63) is 0 Å². The summed E-state index contributed by atoms with van der Waals surface area (Å²) in [7, 11) is -9.93. The van der Waals surface area contributed by atoms with Gasteiger partial charge in [-0.1, -0.05) is 420 Å². The van der Waals surface area contributed by atoms with Crippen molar-refractivity contribution in [3.8, 4) is 0 Å². The summed E-state index contributed by atoms with van der Waals surface area (Å²) >= 11 is 0. The molecule has 3 N–H and O–H groups in total. The van der Waals surface area contributed by atoms with Crippen molar-refractivity contribution >= 4 is 39.5 Å². The number of ether oxygens (including phenoxy) is 4. The molecule has 0 saturated carbocycles. The highest BCUT2D eigenvalue weighted by Gasteiger charge is 2.30. The van der Waals surface area contributed by atoms with Crippen molar-refractivity contribution in [2.75, 3.05) is 39.6 Å². The number of carbonyl (C=O) groups excluding carboxylic acids is 4. The van der Waals surface area contributed by atoms with Crippen molar-refractivity contribution in [3.63, 3.8) is 0 Å². The molecule has 0 bridgehead atoms. The van der Waals surface area contributed by atoms with Gasteiger partial charge >= 0.3 is 39.5 Å². The quantitative estimate of drug-likeness (QED) is 0.0222. The topological polar surface area (TPSA) is 237 Å². The summed E-state index contributed by atoms with van der Waals surface area (Å²) in [6.07, 6.45) is 73.5. The van der Waals surface area contributed by atoms with Gasteiger partial charge in [-0.15, -0.1) is 0 Å². The molecule has 0 radical (unpaired) electrons. The van der Waals surface area contributed by atoms with Crippen LogP contribution in [0.5, 0.6) is 0 Å². The van der Waals surface area contributed by atoms with Crippen molar-refractivity contribution in [1.82, 2.24) is 0 Å². The molecule has 17 nitrogen and oxygen atoms in total. The molecule has 19 heteroatoms. The van der Waals surface area contributed by atoms with E-state index >= 15 is 0 Å². The number of aliphatic hydroxyl groups is 1. The Bertz CT molecular complexity index is 2020. The monoisotopic (exact) mass is 1550 g/mol. The minimum absolute atomic E-state index is 0.109. The van der Waals surface area contributed by atoms with E-state index in [0.717, 1.165) is 95.8 Å². The molecule has 0 aromatic heterocycles. The highest BCUT2D eigenvalue weighted by atomic mass is 31.2. The summed E-state index contributed by atoms with van der Waals surface area (Å²) in [6.45, 7) is 7.44. The van der Waals surface area contributed by atoms with Crippen LogP contribution >= 0.6 is 15.6 Å². The first-order chi connectivity index (χ1) is 51.6. The van der Waals surface area contributed by atoms with Gasteiger partial charge in [-0.2, -0.15) is 0 Å². The van der Waals surface area contributed by atoms with Gasteiger partial charge < -0.3 is 33.8 Å². The first kappa shape index (κ1) is 104. The van der Waals surface area contributed by atoms with Gasteiger partial charge in [-0.3, -0.25) is 37.3 Å². The fourth-order valence-electron chi connectivity index (χ4n) is 13.6. The minimum atomic E-state index is -4.97. The third-order valence-electron chi connectivity index (χ3n) is 20.9. The summed E-state index contributed by atoms with van der Waals surface area (Å²) in [6, 6.07) is 0. The highest BCUT2D eigenvalue weighted by molar-refractivity contribution is 7.47. The maximum atomic E-state index is 13.2. The predicted molar refractivity (Wildman–Crippen MR) is 437 cm³/mol. The lowest BCUT2D eigenvalue weighted by molar-refractivity contribution is -0.161. The Labute approximate surface area is 651 Å². The van der Waals surface area contributed by atoms with Crippen LogP contribution in [0.25, 0.3) is 0 Å². The molecule has 0 aliphatic heterocycles. The molecular weight excluding hydrogens is 1380 g/mol. The Morgan fingerprint density at radius 3 is 0.670 bits per heavy atom. The average molecular weight is 1550 g/mol. The molecule has 0 aromatic rings. The summed E-state index contributed by atoms with van der Waals surface area (Å²) in [5.41, 5.74) is 0. The Hall–Kier alpha value is -1.94. The molecule has 630 valence electrons. The number of aliphatic hydroxyl groups excluding tert-OH is 1. The molecule has 0 heterocycles. The van der Waals surface area contributed by atoms with Crippen LogP contribution in [0.3, 0.4) is 0 Å². The van der Waals surface area contributed by atoms with Gasteiger partial charge in [0.25, 0.3) is 0 Å². The Morgan fingerprint density at radius 2 is 0.453 bits per heavy atom. The summed E-state index contributed by atoms with van der Waals surface area (Å²) in [5, 5.41) is 10.7. The first-order valence-corrected chi connectivity index (χ1v) is 48.2. The van der Waals surface area contributed by atoms with E-state index < -0.39 is 97.5 Å². The number of rotatable bonds is 87. The Morgan fingerprint density at radius 1 is 0.264 bits per heavy atom. The molecule has 0 aliphatic rings. The predicted octanol–water partition coefficient (Wildman–Crippen LogP) is 26.8. The van der Waals surface area contributed by atoms with E-state index in [2.05, 4.69) is 34.6 Å². The van der Waals surface area contributed by atoms with Crippen LogP contribution in [0.4, 0.5) is 0 Å². The van der Waals surface area contributed by atoms with E-state index in [-0.39, 0.29) is 25.7 Å². The van der Waals surface area contributed by atoms with E-state index in [0.29, 0.717) is 25.7 Å². The molecule has 0 rings (SSSR count). The number of phosphoric acid groups is 2. The van der Waals surface area contributed by atoms with Gasteiger partial charge in [0.1, 0.15) is 19.3 Å². The fourth-order valence-corrected chi connectivity index (χ4v) is 15.2. The molecule has 0 spiro atoms. The number of phosphoric ester groups is 2. The van der Waals surface area contributed by atoms with Crippen molar-refractivity contribution in [1.29, 1.82) is 0 Å². The molecule has 6 atom stereocenters. The lowest BCUT2D eigenvalue weighted by Gasteiger charge is -2.21. The number of esters is 4. The third-order valence-corrected chi connectivity index (χ3v) is 22.8. The highest BCUT2D eigenvalue weighted by Crippen LogP contribution is 2.45. The van der Waals surface area contributed by atoms with Gasteiger partial charge in [-0.05, 0) is 31.6 Å². The van der Waals surface area contributed by atoms with E-state index in [1.165, 1.54) is 295 Å². The largest absolute Gasteiger partial charge is 0.472 e. The molecule has 0 fully saturated rings. The van der Waals surface area contributed by atoms with Crippen LogP contribution in [0.1, 0.15) is 471 Å². The summed E-state index contributed by atoms with van der Waals surface area (Å²) < 4.78 is 68.9. The van der Waals surface area contributed by atoms with Crippen molar-refractivity contribution < 1.29 is 80.2 Å². The number of hydrogen-bond donors (Lipinski definition) is 3. The van der Waals surface area contributed by atoms with E-state index in [9.17, 15) is 43.2 Å². The second-order valence-corrected chi connectivity index (χ2v) is 34.4. The lowest BCUT2D eigenvalue weighted by atomic mass is 9.99. The normalized spacial score (nSPS) is 14.0. The van der Waals surface area contributed by atoms with Gasteiger partial charge in [0.15, 0.2) is 12.2 Å². The van der Waals surface area contributed by atoms with Gasteiger partial charge in [0.2, 0.25) is 0 Å². The van der Waals surface area contributed by atoms with Crippen LogP contribution in [0.2, 0.25) is 0 Å². The zero-order valence-corrected chi connectivity index (χ0v) is 71.4. The van der Waals surface area contributed by atoms with Crippen LogP contribution < -0.4 is 0 Å². The van der Waals surface area contributed by atoms with Crippen LogP contribution in [-0.2, 0) is 65.4 Å². The molecule has 3 unspecified atom stereocenters. The smallest absolute Gasteiger partial charge is 0.462 e. The molecule has 0 aromatic carbocycles. The maximum absolute atomic E-state index is 13.2. The van der Waals surface area contributed by atoms with Gasteiger partial charge in [0, 0.05) is 25.7 Å². The van der Waals surface area contributed by atoms with Gasteiger partial charge in [0.05, 0.1) is 26.4 Å².